The van der Waals surface area contributed by atoms with Crippen molar-refractivity contribution in [3.05, 3.63) is 0 Å². The molecule has 0 saturated heterocycles. The van der Waals surface area contributed by atoms with Gasteiger partial charge >= 0.3 is 0 Å². The van der Waals surface area contributed by atoms with Crippen LogP contribution in [-0.2, 0) is 0 Å². The molecule has 0 spiro atoms. The van der Waals surface area contributed by atoms with Crippen LogP contribution in [0.3, 0.4) is 0 Å². The molecule has 0 unspecified atom stereocenters. The van der Waals surface area contributed by atoms with Crippen molar-refractivity contribution in [1.29, 1.82) is 0 Å². The minimum absolute atomic E-state index is 0.148. The highest BCUT2D eigenvalue weighted by molar-refractivity contribution is 8.00. The fourth-order valence-corrected chi connectivity index (χ4v) is 2.00. The molecule has 0 aromatic carbocycles. The molecule has 0 saturated carbocycles. The van der Waals surface area contributed by atoms with Crippen LogP contribution in [0.2, 0.25) is 0 Å². The van der Waals surface area contributed by atoms with Gasteiger partial charge in [0.15, 0.2) is 11.6 Å². The first-order valence-electron chi connectivity index (χ1n) is 3.61. The number of rotatable bonds is 3. The highest BCUT2D eigenvalue weighted by Crippen LogP contribution is 2.37. The quantitative estimate of drug-likeness (QED) is 0.767. The molecule has 5 heteroatoms. The first kappa shape index (κ1) is 9.67. The van der Waals surface area contributed by atoms with Crippen molar-refractivity contribution in [2.24, 2.45) is 0 Å². The van der Waals surface area contributed by atoms with E-state index in [1.54, 1.807) is 11.8 Å². The summed E-state index contributed by atoms with van der Waals surface area (Å²) in [6, 6.07) is 0. The SMILES string of the molecule is CSc1snc(N)c1OC(C)C. The van der Waals surface area contributed by atoms with Crippen LogP contribution in [0.5, 0.6) is 5.75 Å². The zero-order valence-electron chi connectivity index (χ0n) is 7.33. The van der Waals surface area contributed by atoms with Gasteiger partial charge in [0.25, 0.3) is 0 Å². The molecule has 1 aromatic rings. The Labute approximate surface area is 80.5 Å². The highest BCUT2D eigenvalue weighted by atomic mass is 32.2. The number of hydrogen-bond acceptors (Lipinski definition) is 5. The molecule has 0 aliphatic heterocycles. The van der Waals surface area contributed by atoms with Crippen LogP contribution in [0.1, 0.15) is 13.8 Å². The first-order chi connectivity index (χ1) is 5.65. The fourth-order valence-electron chi connectivity index (χ4n) is 0.752. The van der Waals surface area contributed by atoms with Crippen LogP contribution >= 0.6 is 23.3 Å². The van der Waals surface area contributed by atoms with E-state index in [2.05, 4.69) is 4.37 Å². The van der Waals surface area contributed by atoms with Crippen LogP contribution in [0.25, 0.3) is 0 Å². The molecule has 0 aliphatic rings. The van der Waals surface area contributed by atoms with E-state index in [1.165, 1.54) is 11.5 Å². The summed E-state index contributed by atoms with van der Waals surface area (Å²) in [4.78, 5) is 0. The highest BCUT2D eigenvalue weighted by Gasteiger charge is 2.12. The average molecular weight is 204 g/mol. The second-order valence-corrected chi connectivity index (χ2v) is 4.40. The minimum Gasteiger partial charge on any atom is -0.485 e. The lowest BCUT2D eigenvalue weighted by atomic mass is 10.5. The monoisotopic (exact) mass is 204 g/mol. The Morgan fingerprint density at radius 3 is 2.75 bits per heavy atom. The van der Waals surface area contributed by atoms with Gasteiger partial charge in [0.2, 0.25) is 0 Å². The summed E-state index contributed by atoms with van der Waals surface area (Å²) < 4.78 is 10.6. The third kappa shape index (κ3) is 2.04. The maximum absolute atomic E-state index is 5.63. The molecule has 12 heavy (non-hydrogen) atoms. The molecule has 2 N–H and O–H groups in total. The van der Waals surface area contributed by atoms with Crippen molar-refractivity contribution in [1.82, 2.24) is 4.37 Å². The van der Waals surface area contributed by atoms with Crippen molar-refractivity contribution in [2.45, 2.75) is 24.2 Å². The van der Waals surface area contributed by atoms with Crippen LogP contribution in [-0.4, -0.2) is 16.7 Å². The molecule has 1 heterocycles. The predicted molar refractivity (Wildman–Crippen MR) is 54.1 cm³/mol. The zero-order valence-corrected chi connectivity index (χ0v) is 8.96. The van der Waals surface area contributed by atoms with E-state index in [1.807, 2.05) is 20.1 Å². The average Bonchev–Trinajstić information content (AvgIpc) is 2.32. The number of nitrogens with zero attached hydrogens (tertiary/aromatic N) is 1. The summed E-state index contributed by atoms with van der Waals surface area (Å²) in [6.07, 6.45) is 2.13. The molecular weight excluding hydrogens is 192 g/mol. The largest absolute Gasteiger partial charge is 0.485 e. The van der Waals surface area contributed by atoms with E-state index in [0.717, 1.165) is 9.96 Å². The van der Waals surface area contributed by atoms with Gasteiger partial charge in [-0.15, -0.1) is 11.8 Å². The van der Waals surface area contributed by atoms with Gasteiger partial charge in [-0.3, -0.25) is 0 Å². The molecule has 0 radical (unpaired) electrons. The van der Waals surface area contributed by atoms with Gasteiger partial charge in [-0.05, 0) is 31.6 Å². The van der Waals surface area contributed by atoms with Crippen LogP contribution in [0, 0.1) is 0 Å². The van der Waals surface area contributed by atoms with Crippen molar-refractivity contribution >= 4 is 29.1 Å². The number of nitrogens with two attached hydrogens (primary N) is 1. The van der Waals surface area contributed by atoms with Crippen molar-refractivity contribution in [3.8, 4) is 5.75 Å². The normalized spacial score (nSPS) is 10.7. The molecule has 3 nitrogen and oxygen atoms in total. The number of aromatic nitrogens is 1. The van der Waals surface area contributed by atoms with E-state index in [-0.39, 0.29) is 6.10 Å². The van der Waals surface area contributed by atoms with Gasteiger partial charge in [-0.1, -0.05) is 0 Å². The first-order valence-corrected chi connectivity index (χ1v) is 5.60. The standard InChI is InChI=1S/C7H12N2OS2/c1-4(2)10-5-6(8)9-12-7(5)11-3/h4H,1-3H3,(H2,8,9). The molecule has 0 aliphatic carbocycles. The Morgan fingerprint density at radius 1 is 1.58 bits per heavy atom. The second-order valence-electron chi connectivity index (χ2n) is 2.56. The minimum atomic E-state index is 0.148. The lowest BCUT2D eigenvalue weighted by molar-refractivity contribution is 0.239. The van der Waals surface area contributed by atoms with Gasteiger partial charge < -0.3 is 10.5 Å². The van der Waals surface area contributed by atoms with Gasteiger partial charge in [0.1, 0.15) is 4.21 Å². The van der Waals surface area contributed by atoms with E-state index < -0.39 is 0 Å². The summed E-state index contributed by atoms with van der Waals surface area (Å²) in [5.74, 6) is 1.24. The van der Waals surface area contributed by atoms with Gasteiger partial charge in [-0.2, -0.15) is 4.37 Å². The lowest BCUT2D eigenvalue weighted by Gasteiger charge is -2.08. The van der Waals surface area contributed by atoms with Crippen LogP contribution in [0.4, 0.5) is 5.82 Å². The van der Waals surface area contributed by atoms with E-state index in [4.69, 9.17) is 10.5 Å². The van der Waals surface area contributed by atoms with E-state index in [0.29, 0.717) is 5.82 Å². The third-order valence-corrected chi connectivity index (χ3v) is 3.10. The lowest BCUT2D eigenvalue weighted by Crippen LogP contribution is -2.06. The molecule has 0 atom stereocenters. The molecule has 0 amide bonds. The molecular formula is C7H12N2OS2. The van der Waals surface area contributed by atoms with Gasteiger partial charge in [-0.25, -0.2) is 0 Å². The smallest absolute Gasteiger partial charge is 0.187 e. The zero-order chi connectivity index (χ0) is 9.14. The Balaban J connectivity index is 2.86. The topological polar surface area (TPSA) is 48.1 Å². The predicted octanol–water partition coefficient (Wildman–Crippen LogP) is 2.23. The fraction of sp³-hybridized carbons (Fsp3) is 0.571. The van der Waals surface area contributed by atoms with E-state index in [9.17, 15) is 0 Å². The molecule has 1 rings (SSSR count). The van der Waals surface area contributed by atoms with Crippen molar-refractivity contribution in [3.63, 3.8) is 0 Å². The Kier molecular flexibility index (Phi) is 3.22. The summed E-state index contributed by atoms with van der Waals surface area (Å²) in [5, 5.41) is 0. The number of nitrogen functional groups attached to an aromatic ring is 1. The number of hydrogen-bond donors (Lipinski definition) is 1. The maximum Gasteiger partial charge on any atom is 0.187 e. The molecule has 68 valence electrons. The summed E-state index contributed by atoms with van der Waals surface area (Å²) >= 11 is 2.99. The summed E-state index contributed by atoms with van der Waals surface area (Å²) in [6.45, 7) is 3.95. The Bertz CT molecular complexity index is 260. The van der Waals surface area contributed by atoms with Crippen LogP contribution < -0.4 is 10.5 Å². The maximum atomic E-state index is 5.63. The van der Waals surface area contributed by atoms with Gasteiger partial charge in [0, 0.05) is 0 Å². The van der Waals surface area contributed by atoms with Crippen LogP contribution in [0.15, 0.2) is 4.21 Å². The Hall–Kier alpha value is -0.420. The van der Waals surface area contributed by atoms with Crippen molar-refractivity contribution in [2.75, 3.05) is 12.0 Å². The molecule has 0 bridgehead atoms. The van der Waals surface area contributed by atoms with E-state index >= 15 is 0 Å². The van der Waals surface area contributed by atoms with Crippen molar-refractivity contribution < 1.29 is 4.74 Å². The second kappa shape index (κ2) is 4.00. The third-order valence-electron chi connectivity index (χ3n) is 1.18. The number of ether oxygens (including phenoxy) is 1. The summed E-state index contributed by atoms with van der Waals surface area (Å²) in [7, 11) is 0. The van der Waals surface area contributed by atoms with Gasteiger partial charge in [0.05, 0.1) is 6.10 Å². The number of thioether (sulfide) groups is 1. The molecule has 0 fully saturated rings. The summed E-state index contributed by atoms with van der Waals surface area (Å²) in [5.41, 5.74) is 5.63. The Morgan fingerprint density at radius 2 is 2.25 bits per heavy atom. The number of anilines is 1. The molecule has 1 aromatic heterocycles.